The van der Waals surface area contributed by atoms with Gasteiger partial charge in [-0.1, -0.05) is 25.1 Å². The lowest BCUT2D eigenvalue weighted by molar-refractivity contribution is -0.138. The molecule has 0 aliphatic rings. The molecule has 0 bridgehead atoms. The maximum atomic E-state index is 12.7. The number of nitrogens with one attached hydrogen (secondary N) is 1. The topological polar surface area (TPSA) is 66.4 Å². The average Bonchev–Trinajstić information content (AvgIpc) is 2.44. The fourth-order valence-electron chi connectivity index (χ4n) is 2.33. The lowest BCUT2D eigenvalue weighted by Gasteiger charge is -2.26. The second-order valence-corrected chi connectivity index (χ2v) is 6.55. The highest BCUT2D eigenvalue weighted by Crippen LogP contribution is 2.31. The van der Waals surface area contributed by atoms with Crippen LogP contribution in [0.15, 0.2) is 24.3 Å². The third-order valence-electron chi connectivity index (χ3n) is 3.72. The third kappa shape index (κ3) is 6.60. The number of benzene rings is 1. The molecule has 0 saturated carbocycles. The smallest absolute Gasteiger partial charge is 0.416 e. The molecule has 0 saturated heterocycles. The highest BCUT2D eigenvalue weighted by atomic mass is 19.4. The molecule has 4 nitrogen and oxygen atoms in total. The Hall–Kier alpha value is -2.05. The van der Waals surface area contributed by atoms with E-state index in [1.165, 1.54) is 6.07 Å². The highest BCUT2D eigenvalue weighted by molar-refractivity contribution is 5.77. The van der Waals surface area contributed by atoms with Crippen molar-refractivity contribution in [2.75, 3.05) is 0 Å². The number of carbonyl (C=O) groups is 2. The summed E-state index contributed by atoms with van der Waals surface area (Å²) in [4.78, 5) is 22.7. The first-order valence-electron chi connectivity index (χ1n) is 7.61. The summed E-state index contributed by atoms with van der Waals surface area (Å²) in [5.41, 5.74) is -0.999. The Labute approximate surface area is 139 Å². The van der Waals surface area contributed by atoms with Gasteiger partial charge in [0.2, 0.25) is 5.91 Å². The zero-order chi connectivity index (χ0) is 18.5. The molecule has 1 atom stereocenters. The summed E-state index contributed by atoms with van der Waals surface area (Å²) in [6.45, 7) is 5.10. The van der Waals surface area contributed by atoms with E-state index in [-0.39, 0.29) is 31.1 Å². The molecule has 0 aromatic heterocycles. The van der Waals surface area contributed by atoms with Crippen molar-refractivity contribution in [2.24, 2.45) is 0 Å². The molecule has 0 radical (unpaired) electrons. The van der Waals surface area contributed by atoms with Gasteiger partial charge in [-0.3, -0.25) is 9.59 Å². The van der Waals surface area contributed by atoms with Gasteiger partial charge in [0.25, 0.3) is 0 Å². The van der Waals surface area contributed by atoms with Crippen LogP contribution in [0.5, 0.6) is 0 Å². The Morgan fingerprint density at radius 2 is 1.88 bits per heavy atom. The molecule has 2 N–H and O–H groups in total. The van der Waals surface area contributed by atoms with Gasteiger partial charge in [0.1, 0.15) is 0 Å². The second-order valence-electron chi connectivity index (χ2n) is 6.55. The molecule has 134 valence electrons. The second kappa shape index (κ2) is 7.68. The molecule has 0 spiro atoms. The summed E-state index contributed by atoms with van der Waals surface area (Å²) in [6, 6.07) is 4.92. The van der Waals surface area contributed by atoms with Crippen LogP contribution in [0.3, 0.4) is 0 Å². The summed E-state index contributed by atoms with van der Waals surface area (Å²) >= 11 is 0. The van der Waals surface area contributed by atoms with Crippen molar-refractivity contribution in [3.8, 4) is 0 Å². The molecule has 1 rings (SSSR count). The van der Waals surface area contributed by atoms with Crippen LogP contribution < -0.4 is 5.32 Å². The number of hydrogen-bond acceptors (Lipinski definition) is 2. The van der Waals surface area contributed by atoms with E-state index in [0.717, 1.165) is 12.1 Å². The Morgan fingerprint density at radius 3 is 2.42 bits per heavy atom. The molecular weight excluding hydrogens is 323 g/mol. The molecule has 0 aliphatic carbocycles. The molecule has 1 unspecified atom stereocenters. The summed E-state index contributed by atoms with van der Waals surface area (Å²) in [7, 11) is 0. The number of carbonyl (C=O) groups excluding carboxylic acids is 1. The van der Waals surface area contributed by atoms with Gasteiger partial charge >= 0.3 is 12.1 Å². The van der Waals surface area contributed by atoms with Crippen LogP contribution >= 0.6 is 0 Å². The maximum absolute atomic E-state index is 12.7. The lowest BCUT2D eigenvalue weighted by atomic mass is 9.94. The Balaban J connectivity index is 2.69. The zero-order valence-corrected chi connectivity index (χ0v) is 13.9. The lowest BCUT2D eigenvalue weighted by Crippen LogP contribution is -2.44. The molecular formula is C17H22F3NO3. The minimum atomic E-state index is -4.42. The predicted molar refractivity (Wildman–Crippen MR) is 83.6 cm³/mol. The van der Waals surface area contributed by atoms with Gasteiger partial charge in [0.05, 0.1) is 5.56 Å². The van der Waals surface area contributed by atoms with Gasteiger partial charge in [0.15, 0.2) is 0 Å². The first kappa shape index (κ1) is 20.0. The van der Waals surface area contributed by atoms with E-state index >= 15 is 0 Å². The molecule has 1 aromatic carbocycles. The van der Waals surface area contributed by atoms with Crippen LogP contribution in [0.4, 0.5) is 13.2 Å². The minimum Gasteiger partial charge on any atom is -0.481 e. The van der Waals surface area contributed by atoms with Gasteiger partial charge < -0.3 is 10.4 Å². The Kier molecular flexibility index (Phi) is 6.40. The van der Waals surface area contributed by atoms with E-state index < -0.39 is 23.2 Å². The van der Waals surface area contributed by atoms with E-state index in [1.54, 1.807) is 26.8 Å². The van der Waals surface area contributed by atoms with E-state index in [2.05, 4.69) is 5.32 Å². The molecule has 1 amide bonds. The molecule has 0 heterocycles. The van der Waals surface area contributed by atoms with Crippen LogP contribution in [0.25, 0.3) is 0 Å². The maximum Gasteiger partial charge on any atom is 0.416 e. The fourth-order valence-corrected chi connectivity index (χ4v) is 2.33. The van der Waals surface area contributed by atoms with Crippen molar-refractivity contribution < 1.29 is 27.9 Å². The Morgan fingerprint density at radius 1 is 1.25 bits per heavy atom. The number of amides is 1. The monoisotopic (exact) mass is 345 g/mol. The van der Waals surface area contributed by atoms with Crippen LogP contribution in [-0.4, -0.2) is 22.5 Å². The zero-order valence-electron chi connectivity index (χ0n) is 13.9. The third-order valence-corrected chi connectivity index (χ3v) is 3.72. The average molecular weight is 345 g/mol. The van der Waals surface area contributed by atoms with Gasteiger partial charge in [-0.15, -0.1) is 0 Å². The van der Waals surface area contributed by atoms with Crippen LogP contribution in [0.2, 0.25) is 0 Å². The Bertz CT molecular complexity index is 597. The summed E-state index contributed by atoms with van der Waals surface area (Å²) in [5, 5.41) is 11.4. The van der Waals surface area contributed by atoms with E-state index in [1.807, 2.05) is 0 Å². The fraction of sp³-hybridized carbons (Fsp3) is 0.529. The summed E-state index contributed by atoms with van der Waals surface area (Å²) < 4.78 is 38.2. The SMILES string of the molecule is CC(CC(=O)NC(C)(C)CCC(=O)O)c1cccc(C(F)(F)F)c1. The number of alkyl halides is 3. The number of halogens is 3. The van der Waals surface area contributed by atoms with Crippen molar-refractivity contribution >= 4 is 11.9 Å². The van der Waals surface area contributed by atoms with Crippen molar-refractivity contribution in [3.05, 3.63) is 35.4 Å². The standard InChI is InChI=1S/C17H22F3NO3/c1-11(12-5-4-6-13(10-12)17(18,19)20)9-14(22)21-16(2,3)8-7-15(23)24/h4-6,10-11H,7-9H2,1-3H3,(H,21,22)(H,23,24). The molecule has 7 heteroatoms. The van der Waals surface area contributed by atoms with E-state index in [0.29, 0.717) is 5.56 Å². The number of rotatable bonds is 7. The van der Waals surface area contributed by atoms with Crippen LogP contribution in [0, 0.1) is 0 Å². The van der Waals surface area contributed by atoms with Crippen molar-refractivity contribution in [3.63, 3.8) is 0 Å². The normalized spacial score (nSPS) is 13.4. The summed E-state index contributed by atoms with van der Waals surface area (Å²) in [5.74, 6) is -1.66. The van der Waals surface area contributed by atoms with Crippen LogP contribution in [-0.2, 0) is 15.8 Å². The first-order chi connectivity index (χ1) is 10.9. The summed E-state index contributed by atoms with van der Waals surface area (Å²) in [6.07, 6.45) is -4.20. The van der Waals surface area contributed by atoms with Crippen molar-refractivity contribution in [2.45, 2.75) is 57.7 Å². The van der Waals surface area contributed by atoms with Crippen LogP contribution in [0.1, 0.15) is 57.1 Å². The first-order valence-corrected chi connectivity index (χ1v) is 7.61. The van der Waals surface area contributed by atoms with Crippen molar-refractivity contribution in [1.29, 1.82) is 0 Å². The highest BCUT2D eigenvalue weighted by Gasteiger charge is 2.31. The predicted octanol–water partition coefficient (Wildman–Crippen LogP) is 3.96. The molecule has 1 aromatic rings. The molecule has 0 aliphatic heterocycles. The molecule has 24 heavy (non-hydrogen) atoms. The van der Waals surface area contributed by atoms with Gasteiger partial charge in [-0.25, -0.2) is 0 Å². The number of hydrogen-bond donors (Lipinski definition) is 2. The quantitative estimate of drug-likeness (QED) is 0.786. The van der Waals surface area contributed by atoms with E-state index in [4.69, 9.17) is 5.11 Å². The van der Waals surface area contributed by atoms with Crippen molar-refractivity contribution in [1.82, 2.24) is 5.32 Å². The largest absolute Gasteiger partial charge is 0.481 e. The minimum absolute atomic E-state index is 0.0256. The van der Waals surface area contributed by atoms with Gasteiger partial charge in [0, 0.05) is 18.4 Å². The number of aliphatic carboxylic acids is 1. The van der Waals surface area contributed by atoms with E-state index in [9.17, 15) is 22.8 Å². The molecule has 0 fully saturated rings. The van der Waals surface area contributed by atoms with Gasteiger partial charge in [-0.2, -0.15) is 13.2 Å². The number of carboxylic acid groups (broad SMARTS) is 1. The number of carboxylic acids is 1. The van der Waals surface area contributed by atoms with Gasteiger partial charge in [-0.05, 0) is 37.8 Å².